The van der Waals surface area contributed by atoms with E-state index in [0.717, 1.165) is 22.4 Å². The third-order valence-corrected chi connectivity index (χ3v) is 4.02. The summed E-state index contributed by atoms with van der Waals surface area (Å²) in [4.78, 5) is 0. The average Bonchev–Trinajstić information content (AvgIpc) is 2.86. The van der Waals surface area contributed by atoms with E-state index in [1.807, 2.05) is 18.2 Å². The fraction of sp³-hybridized carbons (Fsp3) is 0.188. The first-order valence-corrected chi connectivity index (χ1v) is 7.05. The molecule has 2 aromatic carbocycles. The third-order valence-electron chi connectivity index (χ3n) is 3.37. The highest BCUT2D eigenvalue weighted by Gasteiger charge is 2.11. The highest BCUT2D eigenvalue weighted by atomic mass is 79.9. The van der Waals surface area contributed by atoms with Crippen molar-refractivity contribution in [3.63, 3.8) is 0 Å². The van der Waals surface area contributed by atoms with Gasteiger partial charge in [-0.05, 0) is 76.7 Å². The minimum absolute atomic E-state index is 0.612. The van der Waals surface area contributed by atoms with E-state index >= 15 is 0 Å². The summed E-state index contributed by atoms with van der Waals surface area (Å²) in [5, 5.41) is 8.88. The minimum Gasteiger partial charge on any atom is -0.457 e. The molecule has 0 heterocycles. The number of ether oxygens (including phenoxy) is 1. The molecule has 3 rings (SSSR count). The van der Waals surface area contributed by atoms with Crippen LogP contribution in [0.15, 0.2) is 40.9 Å². The van der Waals surface area contributed by atoms with Crippen molar-refractivity contribution in [3.05, 3.63) is 57.6 Å². The third kappa shape index (κ3) is 2.50. The van der Waals surface area contributed by atoms with Crippen LogP contribution in [-0.4, -0.2) is 0 Å². The van der Waals surface area contributed by atoms with Crippen molar-refractivity contribution in [1.29, 1.82) is 5.26 Å². The molecule has 0 amide bonds. The largest absolute Gasteiger partial charge is 0.457 e. The minimum atomic E-state index is 0.612. The Hall–Kier alpha value is -1.79. The Balaban J connectivity index is 1.85. The standard InChI is InChI=1S/C16H12BrNO/c17-16-9-15(7-5-13(16)10-18)19-14-6-4-11-2-1-3-12(11)8-14/h4-9H,1-3H2. The van der Waals surface area contributed by atoms with Gasteiger partial charge in [0, 0.05) is 4.47 Å². The fourth-order valence-corrected chi connectivity index (χ4v) is 2.84. The molecule has 2 aromatic rings. The lowest BCUT2D eigenvalue weighted by Crippen LogP contribution is -1.88. The smallest absolute Gasteiger partial charge is 0.128 e. The number of aryl methyl sites for hydroxylation is 2. The van der Waals surface area contributed by atoms with Crippen LogP contribution in [0.25, 0.3) is 0 Å². The zero-order valence-corrected chi connectivity index (χ0v) is 11.9. The molecular weight excluding hydrogens is 302 g/mol. The zero-order chi connectivity index (χ0) is 13.2. The Labute approximate surface area is 120 Å². The molecule has 0 atom stereocenters. The molecule has 1 aliphatic carbocycles. The van der Waals surface area contributed by atoms with Gasteiger partial charge in [-0.15, -0.1) is 0 Å². The van der Waals surface area contributed by atoms with Gasteiger partial charge in [-0.3, -0.25) is 0 Å². The van der Waals surface area contributed by atoms with Crippen molar-refractivity contribution < 1.29 is 4.74 Å². The molecule has 3 heteroatoms. The quantitative estimate of drug-likeness (QED) is 0.811. The van der Waals surface area contributed by atoms with Gasteiger partial charge >= 0.3 is 0 Å². The lowest BCUT2D eigenvalue weighted by Gasteiger charge is -2.08. The average molecular weight is 314 g/mol. The van der Waals surface area contributed by atoms with Crippen LogP contribution < -0.4 is 4.74 Å². The van der Waals surface area contributed by atoms with Crippen LogP contribution in [0.4, 0.5) is 0 Å². The first-order chi connectivity index (χ1) is 9.26. The van der Waals surface area contributed by atoms with Crippen LogP contribution in [0.3, 0.4) is 0 Å². The zero-order valence-electron chi connectivity index (χ0n) is 10.3. The van der Waals surface area contributed by atoms with Gasteiger partial charge < -0.3 is 4.74 Å². The number of hydrogen-bond donors (Lipinski definition) is 0. The van der Waals surface area contributed by atoms with Gasteiger partial charge in [0.05, 0.1) is 5.56 Å². The molecule has 2 nitrogen and oxygen atoms in total. The van der Waals surface area contributed by atoms with E-state index in [0.29, 0.717) is 5.56 Å². The molecule has 0 spiro atoms. The summed E-state index contributed by atoms with van der Waals surface area (Å²) in [7, 11) is 0. The van der Waals surface area contributed by atoms with E-state index < -0.39 is 0 Å². The van der Waals surface area contributed by atoms with Crippen LogP contribution in [0, 0.1) is 11.3 Å². The lowest BCUT2D eigenvalue weighted by molar-refractivity contribution is 0.481. The van der Waals surface area contributed by atoms with Crippen LogP contribution in [0.2, 0.25) is 0 Å². The summed E-state index contributed by atoms with van der Waals surface area (Å²) in [5.74, 6) is 1.60. The van der Waals surface area contributed by atoms with Crippen molar-refractivity contribution >= 4 is 15.9 Å². The van der Waals surface area contributed by atoms with Crippen molar-refractivity contribution in [2.45, 2.75) is 19.3 Å². The molecule has 0 aliphatic heterocycles. The molecule has 0 bridgehead atoms. The first-order valence-electron chi connectivity index (χ1n) is 6.25. The van der Waals surface area contributed by atoms with Gasteiger partial charge in [-0.25, -0.2) is 0 Å². The monoisotopic (exact) mass is 313 g/mol. The van der Waals surface area contributed by atoms with Crippen LogP contribution in [0.5, 0.6) is 11.5 Å². The van der Waals surface area contributed by atoms with Gasteiger partial charge in [0.15, 0.2) is 0 Å². The van der Waals surface area contributed by atoms with Crippen LogP contribution in [0.1, 0.15) is 23.1 Å². The molecule has 19 heavy (non-hydrogen) atoms. The van der Waals surface area contributed by atoms with Crippen molar-refractivity contribution in [3.8, 4) is 17.6 Å². The first kappa shape index (κ1) is 12.3. The molecule has 0 aromatic heterocycles. The predicted octanol–water partition coefficient (Wildman–Crippen LogP) is 4.60. The van der Waals surface area contributed by atoms with Gasteiger partial charge in [0.1, 0.15) is 17.6 Å². The van der Waals surface area contributed by atoms with E-state index in [1.54, 1.807) is 6.07 Å². The second kappa shape index (κ2) is 5.07. The summed E-state index contributed by atoms with van der Waals surface area (Å²) >= 11 is 3.37. The summed E-state index contributed by atoms with van der Waals surface area (Å²) in [5.41, 5.74) is 3.44. The molecule has 1 aliphatic rings. The Bertz CT molecular complexity index is 664. The molecular formula is C16H12BrNO. The summed E-state index contributed by atoms with van der Waals surface area (Å²) in [6, 6.07) is 13.8. The molecule has 0 N–H and O–H groups in total. The van der Waals surface area contributed by atoms with Gasteiger partial charge in [-0.1, -0.05) is 6.07 Å². The second-order valence-electron chi connectivity index (χ2n) is 4.64. The Morgan fingerprint density at radius 1 is 1.00 bits per heavy atom. The Kier molecular flexibility index (Phi) is 3.27. The maximum Gasteiger partial charge on any atom is 0.128 e. The SMILES string of the molecule is N#Cc1ccc(Oc2ccc3c(c2)CCC3)cc1Br. The van der Waals surface area contributed by atoms with E-state index in [9.17, 15) is 0 Å². The molecule has 0 unspecified atom stereocenters. The van der Waals surface area contributed by atoms with Crippen molar-refractivity contribution in [2.75, 3.05) is 0 Å². The topological polar surface area (TPSA) is 33.0 Å². The number of fused-ring (bicyclic) bond motifs is 1. The maximum atomic E-state index is 8.88. The predicted molar refractivity (Wildman–Crippen MR) is 77.4 cm³/mol. The summed E-state index contributed by atoms with van der Waals surface area (Å²) in [6.45, 7) is 0. The molecule has 94 valence electrons. The number of halogens is 1. The van der Waals surface area contributed by atoms with Gasteiger partial charge in [0.2, 0.25) is 0 Å². The molecule has 0 saturated heterocycles. The molecule has 0 radical (unpaired) electrons. The number of hydrogen-bond acceptors (Lipinski definition) is 2. The van der Waals surface area contributed by atoms with E-state index in [1.165, 1.54) is 24.0 Å². The van der Waals surface area contributed by atoms with Crippen LogP contribution >= 0.6 is 15.9 Å². The Morgan fingerprint density at radius 2 is 1.74 bits per heavy atom. The van der Waals surface area contributed by atoms with Crippen LogP contribution in [-0.2, 0) is 12.8 Å². The molecule has 0 saturated carbocycles. The van der Waals surface area contributed by atoms with Gasteiger partial charge in [0.25, 0.3) is 0 Å². The van der Waals surface area contributed by atoms with Gasteiger partial charge in [-0.2, -0.15) is 5.26 Å². The number of nitrogens with zero attached hydrogens (tertiary/aromatic N) is 1. The summed E-state index contributed by atoms with van der Waals surface area (Å²) in [6.07, 6.45) is 3.56. The maximum absolute atomic E-state index is 8.88. The van der Waals surface area contributed by atoms with Crippen molar-refractivity contribution in [1.82, 2.24) is 0 Å². The normalized spacial score (nSPS) is 12.8. The lowest BCUT2D eigenvalue weighted by atomic mass is 10.1. The number of rotatable bonds is 2. The highest BCUT2D eigenvalue weighted by Crippen LogP contribution is 2.30. The van der Waals surface area contributed by atoms with Crippen molar-refractivity contribution in [2.24, 2.45) is 0 Å². The summed E-state index contributed by atoms with van der Waals surface area (Å²) < 4.78 is 6.60. The van der Waals surface area contributed by atoms with E-state index in [2.05, 4.69) is 34.1 Å². The number of benzene rings is 2. The fourth-order valence-electron chi connectivity index (χ4n) is 2.40. The number of nitriles is 1. The van der Waals surface area contributed by atoms with E-state index in [-0.39, 0.29) is 0 Å². The van der Waals surface area contributed by atoms with E-state index in [4.69, 9.17) is 10.00 Å². The molecule has 0 fully saturated rings. The second-order valence-corrected chi connectivity index (χ2v) is 5.49. The highest BCUT2D eigenvalue weighted by molar-refractivity contribution is 9.10. The Morgan fingerprint density at radius 3 is 2.53 bits per heavy atom.